The van der Waals surface area contributed by atoms with Crippen LogP contribution in [0, 0.1) is 11.6 Å². The van der Waals surface area contributed by atoms with Gasteiger partial charge in [-0.25, -0.2) is 8.78 Å². The summed E-state index contributed by atoms with van der Waals surface area (Å²) >= 11 is 1.48. The second kappa shape index (κ2) is 4.35. The number of fused-ring (bicyclic) bond motifs is 1. The van der Waals surface area contributed by atoms with E-state index in [0.29, 0.717) is 6.04 Å². The molecule has 1 aliphatic rings. The van der Waals surface area contributed by atoms with Gasteiger partial charge in [-0.2, -0.15) is 0 Å². The van der Waals surface area contributed by atoms with Gasteiger partial charge in [-0.3, -0.25) is 0 Å². The average molecular weight is 253 g/mol. The number of rotatable bonds is 4. The second-order valence-corrected chi connectivity index (χ2v) is 5.41. The van der Waals surface area contributed by atoms with Crippen LogP contribution in [0.4, 0.5) is 8.78 Å². The topological polar surface area (TPSA) is 12.0 Å². The third kappa shape index (κ3) is 2.33. The van der Waals surface area contributed by atoms with Gasteiger partial charge in [-0.15, -0.1) is 11.3 Å². The monoisotopic (exact) mass is 253 g/mol. The summed E-state index contributed by atoms with van der Waals surface area (Å²) in [5.41, 5.74) is 1.11. The fraction of sp³-hybridized carbons (Fsp3) is 0.385. The third-order valence-corrected chi connectivity index (χ3v) is 4.10. The van der Waals surface area contributed by atoms with Crippen molar-refractivity contribution in [2.45, 2.75) is 25.3 Å². The van der Waals surface area contributed by atoms with E-state index in [9.17, 15) is 8.78 Å². The summed E-state index contributed by atoms with van der Waals surface area (Å²) in [5, 5.41) is 6.27. The molecule has 4 heteroatoms. The first kappa shape index (κ1) is 11.1. The van der Waals surface area contributed by atoms with Gasteiger partial charge < -0.3 is 5.32 Å². The van der Waals surface area contributed by atoms with Gasteiger partial charge in [-0.1, -0.05) is 0 Å². The maximum Gasteiger partial charge on any atom is 0.160 e. The molecule has 0 radical (unpaired) electrons. The normalized spacial score (nSPS) is 15.6. The highest BCUT2D eigenvalue weighted by Gasteiger charge is 2.19. The molecule has 0 spiro atoms. The molecule has 1 nitrogen and oxygen atoms in total. The van der Waals surface area contributed by atoms with E-state index in [4.69, 9.17) is 0 Å². The predicted octanol–water partition coefficient (Wildman–Crippen LogP) is 3.47. The van der Waals surface area contributed by atoms with Gasteiger partial charge in [-0.05, 0) is 54.3 Å². The maximum atomic E-state index is 13.2. The van der Waals surface area contributed by atoms with Gasteiger partial charge in [0.25, 0.3) is 0 Å². The Bertz CT molecular complexity index is 546. The Labute approximate surface area is 102 Å². The van der Waals surface area contributed by atoms with E-state index >= 15 is 0 Å². The van der Waals surface area contributed by atoms with Crippen LogP contribution >= 0.6 is 11.3 Å². The van der Waals surface area contributed by atoms with Crippen molar-refractivity contribution >= 4 is 21.4 Å². The molecule has 1 saturated carbocycles. The first-order chi connectivity index (χ1) is 8.24. The fourth-order valence-corrected chi connectivity index (χ4v) is 2.97. The maximum absolute atomic E-state index is 13.2. The van der Waals surface area contributed by atoms with E-state index in [1.807, 2.05) is 5.38 Å². The highest BCUT2D eigenvalue weighted by molar-refractivity contribution is 7.17. The predicted molar refractivity (Wildman–Crippen MR) is 66.5 cm³/mol. The number of nitrogens with one attached hydrogen (secondary N) is 1. The van der Waals surface area contributed by atoms with E-state index in [1.165, 1.54) is 36.3 Å². The molecule has 1 N–H and O–H groups in total. The van der Waals surface area contributed by atoms with E-state index in [0.717, 1.165) is 28.6 Å². The molecule has 3 rings (SSSR count). The standard InChI is InChI=1S/C13H13F2NS/c14-11-5-10-8(3-4-16-9-1-2-9)7-17-13(10)6-12(11)15/h5-7,9,16H,1-4H2. The summed E-state index contributed by atoms with van der Waals surface area (Å²) < 4.78 is 27.0. The van der Waals surface area contributed by atoms with Crippen molar-refractivity contribution < 1.29 is 8.78 Å². The lowest BCUT2D eigenvalue weighted by Gasteiger charge is -2.02. The minimum Gasteiger partial charge on any atom is -0.314 e. The molecule has 0 aliphatic heterocycles. The van der Waals surface area contributed by atoms with Gasteiger partial charge in [0.15, 0.2) is 11.6 Å². The molecule has 1 fully saturated rings. The van der Waals surface area contributed by atoms with E-state index < -0.39 is 11.6 Å². The van der Waals surface area contributed by atoms with Crippen molar-refractivity contribution in [3.8, 4) is 0 Å². The van der Waals surface area contributed by atoms with Gasteiger partial charge in [0.05, 0.1) is 0 Å². The quantitative estimate of drug-likeness (QED) is 0.879. The number of thiophene rings is 1. The lowest BCUT2D eigenvalue weighted by molar-refractivity contribution is 0.511. The number of hydrogen-bond donors (Lipinski definition) is 1. The summed E-state index contributed by atoms with van der Waals surface area (Å²) in [5.74, 6) is -1.52. The molecule has 1 aromatic heterocycles. The third-order valence-electron chi connectivity index (χ3n) is 3.10. The Balaban J connectivity index is 1.80. The zero-order valence-corrected chi connectivity index (χ0v) is 10.1. The van der Waals surface area contributed by atoms with Crippen LogP contribution in [0.5, 0.6) is 0 Å². The Morgan fingerprint density at radius 2 is 2.00 bits per heavy atom. The fourth-order valence-electron chi connectivity index (χ4n) is 1.97. The summed E-state index contributed by atoms with van der Waals surface area (Å²) in [6.07, 6.45) is 3.41. The van der Waals surface area contributed by atoms with Crippen LogP contribution in [-0.2, 0) is 6.42 Å². The Morgan fingerprint density at radius 3 is 2.76 bits per heavy atom. The smallest absolute Gasteiger partial charge is 0.160 e. The first-order valence-corrected chi connectivity index (χ1v) is 6.70. The number of benzene rings is 1. The summed E-state index contributed by atoms with van der Waals surface area (Å²) in [6, 6.07) is 3.29. The lowest BCUT2D eigenvalue weighted by Crippen LogP contribution is -2.19. The lowest BCUT2D eigenvalue weighted by atomic mass is 10.1. The first-order valence-electron chi connectivity index (χ1n) is 5.82. The van der Waals surface area contributed by atoms with Crippen LogP contribution in [0.25, 0.3) is 10.1 Å². The second-order valence-electron chi connectivity index (χ2n) is 4.50. The van der Waals surface area contributed by atoms with Crippen LogP contribution in [0.1, 0.15) is 18.4 Å². The molecular weight excluding hydrogens is 240 g/mol. The Kier molecular flexibility index (Phi) is 2.84. The molecule has 0 bridgehead atoms. The average Bonchev–Trinajstić information content (AvgIpc) is 3.05. The van der Waals surface area contributed by atoms with Crippen LogP contribution in [0.15, 0.2) is 17.5 Å². The highest BCUT2D eigenvalue weighted by Crippen LogP contribution is 2.28. The van der Waals surface area contributed by atoms with Gasteiger partial charge in [0, 0.05) is 10.7 Å². The van der Waals surface area contributed by atoms with E-state index in [-0.39, 0.29) is 0 Å². The minimum absolute atomic E-state index is 0.689. The molecule has 1 aliphatic carbocycles. The minimum atomic E-state index is -0.762. The molecule has 0 amide bonds. The summed E-state index contributed by atoms with van der Waals surface area (Å²) in [7, 11) is 0. The van der Waals surface area contributed by atoms with Crippen molar-refractivity contribution in [1.29, 1.82) is 0 Å². The summed E-state index contributed by atoms with van der Waals surface area (Å²) in [4.78, 5) is 0. The van der Waals surface area contributed by atoms with E-state index in [2.05, 4.69) is 5.32 Å². The van der Waals surface area contributed by atoms with E-state index in [1.54, 1.807) is 0 Å². The Morgan fingerprint density at radius 1 is 1.24 bits per heavy atom. The zero-order chi connectivity index (χ0) is 11.8. The molecule has 2 aromatic rings. The largest absolute Gasteiger partial charge is 0.314 e. The van der Waals surface area contributed by atoms with Crippen LogP contribution in [0.2, 0.25) is 0 Å². The molecule has 0 unspecified atom stereocenters. The van der Waals surface area contributed by atoms with Crippen molar-refractivity contribution in [3.63, 3.8) is 0 Å². The molecule has 17 heavy (non-hydrogen) atoms. The van der Waals surface area contributed by atoms with Crippen LogP contribution in [-0.4, -0.2) is 12.6 Å². The molecule has 1 heterocycles. The van der Waals surface area contributed by atoms with Crippen molar-refractivity contribution in [2.24, 2.45) is 0 Å². The van der Waals surface area contributed by atoms with Gasteiger partial charge >= 0.3 is 0 Å². The molecule has 90 valence electrons. The highest BCUT2D eigenvalue weighted by atomic mass is 32.1. The number of halogens is 2. The molecular formula is C13H13F2NS. The number of hydrogen-bond acceptors (Lipinski definition) is 2. The Hall–Kier alpha value is -1.00. The van der Waals surface area contributed by atoms with Crippen LogP contribution < -0.4 is 5.32 Å². The molecule has 0 atom stereocenters. The zero-order valence-electron chi connectivity index (χ0n) is 9.30. The molecule has 0 saturated heterocycles. The molecule has 1 aromatic carbocycles. The van der Waals surface area contributed by atoms with Crippen molar-refractivity contribution in [2.75, 3.05) is 6.54 Å². The van der Waals surface area contributed by atoms with Crippen LogP contribution in [0.3, 0.4) is 0 Å². The van der Waals surface area contributed by atoms with Gasteiger partial charge in [0.1, 0.15) is 0 Å². The van der Waals surface area contributed by atoms with Crippen molar-refractivity contribution in [3.05, 3.63) is 34.7 Å². The SMILES string of the molecule is Fc1cc2scc(CCNC3CC3)c2cc1F. The summed E-state index contributed by atoms with van der Waals surface area (Å²) in [6.45, 7) is 0.912. The van der Waals surface area contributed by atoms with Crippen molar-refractivity contribution in [1.82, 2.24) is 5.32 Å². The van der Waals surface area contributed by atoms with Gasteiger partial charge in [0.2, 0.25) is 0 Å².